The van der Waals surface area contributed by atoms with Crippen molar-refractivity contribution in [1.82, 2.24) is 5.32 Å². The summed E-state index contributed by atoms with van der Waals surface area (Å²) in [7, 11) is -1.03. The number of benzene rings is 1. The van der Waals surface area contributed by atoms with Crippen LogP contribution in [-0.2, 0) is 15.6 Å². The van der Waals surface area contributed by atoms with Gasteiger partial charge in [-0.05, 0) is 50.3 Å². The summed E-state index contributed by atoms with van der Waals surface area (Å²) in [5.41, 5.74) is 1.99. The summed E-state index contributed by atoms with van der Waals surface area (Å²) in [6.07, 6.45) is 4.35. The lowest BCUT2D eigenvalue weighted by molar-refractivity contribution is 0.414. The van der Waals surface area contributed by atoms with Crippen molar-refractivity contribution in [2.24, 2.45) is 5.92 Å². The molecule has 0 spiro atoms. The molecule has 0 aromatic heterocycles. The summed E-state index contributed by atoms with van der Waals surface area (Å²) < 4.78 is 24.6. The third-order valence-corrected chi connectivity index (χ3v) is 6.07. The Morgan fingerprint density at radius 2 is 2.00 bits per heavy atom. The number of sulfone groups is 1. The quantitative estimate of drug-likeness (QED) is 0.877. The first kappa shape index (κ1) is 15.5. The Morgan fingerprint density at radius 1 is 1.25 bits per heavy atom. The van der Waals surface area contributed by atoms with Gasteiger partial charge in [-0.1, -0.05) is 30.7 Å². The first-order valence-electron chi connectivity index (χ1n) is 7.44. The van der Waals surface area contributed by atoms with Crippen molar-refractivity contribution in [1.29, 1.82) is 0 Å². The second-order valence-corrected chi connectivity index (χ2v) is 8.08. The highest BCUT2D eigenvalue weighted by molar-refractivity contribution is 7.90. The average Bonchev–Trinajstić information content (AvgIpc) is 2.86. The van der Waals surface area contributed by atoms with Gasteiger partial charge in [0.1, 0.15) is 0 Å². The highest BCUT2D eigenvalue weighted by atomic mass is 32.2. The van der Waals surface area contributed by atoms with E-state index in [2.05, 4.69) is 5.32 Å². The minimum absolute atomic E-state index is 0.177. The van der Waals surface area contributed by atoms with Crippen LogP contribution < -0.4 is 5.32 Å². The third-order valence-electron chi connectivity index (χ3n) is 4.47. The van der Waals surface area contributed by atoms with E-state index in [1.807, 2.05) is 38.2 Å². The molecule has 0 heterocycles. The zero-order chi connectivity index (χ0) is 14.6. The molecule has 2 atom stereocenters. The normalized spacial score (nSPS) is 23.1. The molecule has 1 fully saturated rings. The number of hydrogen-bond donors (Lipinski definition) is 1. The fraction of sp³-hybridized carbons (Fsp3) is 0.625. The molecule has 0 radical (unpaired) electrons. The third kappa shape index (κ3) is 4.06. The minimum Gasteiger partial charge on any atom is -0.317 e. The Balaban J connectivity index is 1.93. The first-order chi connectivity index (χ1) is 9.52. The van der Waals surface area contributed by atoms with E-state index in [0.29, 0.717) is 17.7 Å². The standard InChI is InChI=1S/C16H25NO2S/c1-13-6-3-4-7-15(13)12-20(18,19)11-10-14-8-5-9-16(14)17-2/h3-4,6-7,14,16-17H,5,8-12H2,1-2H3. The van der Waals surface area contributed by atoms with Gasteiger partial charge in [-0.25, -0.2) is 8.42 Å². The van der Waals surface area contributed by atoms with Crippen molar-refractivity contribution in [3.05, 3.63) is 35.4 Å². The van der Waals surface area contributed by atoms with Gasteiger partial charge in [-0.15, -0.1) is 0 Å². The molecule has 1 saturated carbocycles. The van der Waals surface area contributed by atoms with Crippen LogP contribution in [0.2, 0.25) is 0 Å². The zero-order valence-electron chi connectivity index (χ0n) is 12.4. The molecule has 1 aliphatic carbocycles. The van der Waals surface area contributed by atoms with Crippen molar-refractivity contribution in [2.75, 3.05) is 12.8 Å². The molecule has 0 saturated heterocycles. The van der Waals surface area contributed by atoms with E-state index in [-0.39, 0.29) is 5.75 Å². The second kappa shape index (κ2) is 6.72. The Bertz CT molecular complexity index is 539. The van der Waals surface area contributed by atoms with E-state index < -0.39 is 9.84 Å². The molecule has 4 heteroatoms. The monoisotopic (exact) mass is 295 g/mol. The maximum Gasteiger partial charge on any atom is 0.154 e. The van der Waals surface area contributed by atoms with E-state index >= 15 is 0 Å². The summed E-state index contributed by atoms with van der Waals surface area (Å²) in [6.45, 7) is 1.97. The minimum atomic E-state index is -3.00. The summed E-state index contributed by atoms with van der Waals surface area (Å²) in [5, 5.41) is 3.31. The van der Waals surface area contributed by atoms with Gasteiger partial charge in [0.05, 0.1) is 11.5 Å². The van der Waals surface area contributed by atoms with Gasteiger partial charge in [0.15, 0.2) is 9.84 Å². The van der Waals surface area contributed by atoms with E-state index in [1.54, 1.807) is 0 Å². The van der Waals surface area contributed by atoms with E-state index in [9.17, 15) is 8.42 Å². The highest BCUT2D eigenvalue weighted by Gasteiger charge is 2.27. The lowest BCUT2D eigenvalue weighted by atomic mass is 10.0. The topological polar surface area (TPSA) is 46.2 Å². The number of aryl methyl sites for hydroxylation is 1. The highest BCUT2D eigenvalue weighted by Crippen LogP contribution is 2.29. The van der Waals surface area contributed by atoms with Gasteiger partial charge < -0.3 is 5.32 Å². The van der Waals surface area contributed by atoms with Crippen LogP contribution in [0.15, 0.2) is 24.3 Å². The smallest absolute Gasteiger partial charge is 0.154 e. The molecule has 112 valence electrons. The van der Waals surface area contributed by atoms with Crippen LogP contribution in [0.5, 0.6) is 0 Å². The van der Waals surface area contributed by atoms with Crippen LogP contribution in [-0.4, -0.2) is 27.3 Å². The fourth-order valence-corrected chi connectivity index (χ4v) is 4.78. The molecule has 20 heavy (non-hydrogen) atoms. The maximum absolute atomic E-state index is 12.3. The zero-order valence-corrected chi connectivity index (χ0v) is 13.2. The number of hydrogen-bond acceptors (Lipinski definition) is 3. The Kier molecular flexibility index (Phi) is 5.22. The van der Waals surface area contributed by atoms with Crippen molar-refractivity contribution in [2.45, 2.75) is 44.4 Å². The molecule has 1 aromatic carbocycles. The molecule has 3 nitrogen and oxygen atoms in total. The van der Waals surface area contributed by atoms with Gasteiger partial charge in [-0.3, -0.25) is 0 Å². The predicted molar refractivity (Wildman–Crippen MR) is 83.5 cm³/mol. The number of rotatable bonds is 6. The van der Waals surface area contributed by atoms with E-state index in [1.165, 1.54) is 12.8 Å². The van der Waals surface area contributed by atoms with E-state index in [0.717, 1.165) is 24.0 Å². The predicted octanol–water partition coefficient (Wildman–Crippen LogP) is 2.69. The maximum atomic E-state index is 12.3. The van der Waals surface area contributed by atoms with Crippen molar-refractivity contribution >= 4 is 9.84 Å². The van der Waals surface area contributed by atoms with Crippen LogP contribution in [0.1, 0.15) is 36.8 Å². The van der Waals surface area contributed by atoms with Gasteiger partial charge >= 0.3 is 0 Å². The second-order valence-electron chi connectivity index (χ2n) is 5.89. The van der Waals surface area contributed by atoms with Gasteiger partial charge in [-0.2, -0.15) is 0 Å². The molecule has 1 aliphatic rings. The lowest BCUT2D eigenvalue weighted by Crippen LogP contribution is -2.30. The number of nitrogens with one attached hydrogen (secondary N) is 1. The Hall–Kier alpha value is -0.870. The molecular weight excluding hydrogens is 270 g/mol. The molecule has 1 aromatic rings. The van der Waals surface area contributed by atoms with Crippen LogP contribution in [0.25, 0.3) is 0 Å². The van der Waals surface area contributed by atoms with Crippen LogP contribution >= 0.6 is 0 Å². The largest absolute Gasteiger partial charge is 0.317 e. The van der Waals surface area contributed by atoms with Crippen LogP contribution in [0.4, 0.5) is 0 Å². The van der Waals surface area contributed by atoms with Crippen molar-refractivity contribution < 1.29 is 8.42 Å². The van der Waals surface area contributed by atoms with E-state index in [4.69, 9.17) is 0 Å². The Labute approximate surface area is 122 Å². The summed E-state index contributed by atoms with van der Waals surface area (Å²) in [6, 6.07) is 8.24. The van der Waals surface area contributed by atoms with Gasteiger partial charge in [0.25, 0.3) is 0 Å². The van der Waals surface area contributed by atoms with Crippen LogP contribution in [0.3, 0.4) is 0 Å². The average molecular weight is 295 g/mol. The van der Waals surface area contributed by atoms with Gasteiger partial charge in [0, 0.05) is 6.04 Å². The van der Waals surface area contributed by atoms with Crippen LogP contribution in [0, 0.1) is 12.8 Å². The molecule has 0 amide bonds. The summed E-state index contributed by atoms with van der Waals surface area (Å²) >= 11 is 0. The lowest BCUT2D eigenvalue weighted by Gasteiger charge is -2.18. The molecule has 0 bridgehead atoms. The molecular formula is C16H25NO2S. The fourth-order valence-electron chi connectivity index (χ4n) is 3.17. The summed E-state index contributed by atoms with van der Waals surface area (Å²) in [5.74, 6) is 1.01. The van der Waals surface area contributed by atoms with Crippen molar-refractivity contribution in [3.8, 4) is 0 Å². The summed E-state index contributed by atoms with van der Waals surface area (Å²) in [4.78, 5) is 0. The first-order valence-corrected chi connectivity index (χ1v) is 9.26. The molecule has 2 unspecified atom stereocenters. The van der Waals surface area contributed by atoms with Gasteiger partial charge in [0.2, 0.25) is 0 Å². The molecule has 0 aliphatic heterocycles. The van der Waals surface area contributed by atoms with Crippen molar-refractivity contribution in [3.63, 3.8) is 0 Å². The Morgan fingerprint density at radius 3 is 2.70 bits per heavy atom. The molecule has 2 rings (SSSR count). The molecule has 1 N–H and O–H groups in total. The SMILES string of the molecule is CNC1CCCC1CCS(=O)(=O)Cc1ccccc1C.